The van der Waals surface area contributed by atoms with Gasteiger partial charge in [0.15, 0.2) is 5.78 Å². The van der Waals surface area contributed by atoms with E-state index in [1.807, 2.05) is 56.7 Å². The van der Waals surface area contributed by atoms with E-state index in [-0.39, 0.29) is 11.5 Å². The molecule has 3 rings (SSSR count). The van der Waals surface area contributed by atoms with Crippen LogP contribution < -0.4 is 0 Å². The van der Waals surface area contributed by atoms with Crippen molar-refractivity contribution in [2.75, 3.05) is 5.75 Å². The Hall–Kier alpha value is -2.34. The molecule has 5 nitrogen and oxygen atoms in total. The Labute approximate surface area is 151 Å². The number of nitrogens with zero attached hydrogens (tertiary/aromatic N) is 3. The summed E-state index contributed by atoms with van der Waals surface area (Å²) < 4.78 is 7.71. The zero-order chi connectivity index (χ0) is 18.1. The Morgan fingerprint density at radius 1 is 1.12 bits per heavy atom. The molecular weight excluding hydrogens is 334 g/mol. The summed E-state index contributed by atoms with van der Waals surface area (Å²) in [5, 5.41) is 8.54. The topological polar surface area (TPSA) is 60.9 Å². The molecule has 0 unspecified atom stereocenters. The predicted molar refractivity (Wildman–Crippen MR) is 99.1 cm³/mol. The third kappa shape index (κ3) is 3.54. The fourth-order valence-electron chi connectivity index (χ4n) is 2.60. The molecule has 2 aromatic heterocycles. The van der Waals surface area contributed by atoms with Crippen molar-refractivity contribution in [3.63, 3.8) is 0 Å². The first-order chi connectivity index (χ1) is 11.9. The molecule has 6 heteroatoms. The van der Waals surface area contributed by atoms with Gasteiger partial charge in [0.05, 0.1) is 5.75 Å². The number of rotatable bonds is 5. The molecule has 0 atom stereocenters. The second-order valence-electron chi connectivity index (χ2n) is 6.23. The van der Waals surface area contributed by atoms with Crippen molar-refractivity contribution in [3.05, 3.63) is 52.3 Å². The first kappa shape index (κ1) is 17.5. The van der Waals surface area contributed by atoms with Crippen molar-refractivity contribution in [2.24, 2.45) is 7.05 Å². The molecule has 2 heterocycles. The molecule has 0 aliphatic heterocycles. The number of Topliss-reactive ketones (excluding diaryl/α,β-unsaturated/α-hetero) is 1. The van der Waals surface area contributed by atoms with E-state index in [0.717, 1.165) is 22.5 Å². The predicted octanol–water partition coefficient (Wildman–Crippen LogP) is 4.28. The number of thioether (sulfide) groups is 1. The molecule has 0 amide bonds. The highest BCUT2D eigenvalue weighted by molar-refractivity contribution is 7.99. The maximum Gasteiger partial charge on any atom is 0.277 e. The number of aryl methyl sites for hydroxylation is 3. The zero-order valence-electron chi connectivity index (χ0n) is 15.1. The fraction of sp³-hybridized carbons (Fsp3) is 0.316. The van der Waals surface area contributed by atoms with Crippen molar-refractivity contribution < 1.29 is 9.21 Å². The van der Waals surface area contributed by atoms with Crippen molar-refractivity contribution in [2.45, 2.75) is 32.9 Å². The Kier molecular flexibility index (Phi) is 4.81. The number of hydrogen-bond donors (Lipinski definition) is 0. The lowest BCUT2D eigenvalue weighted by molar-refractivity contribution is 0.102. The molecule has 0 bridgehead atoms. The van der Waals surface area contributed by atoms with Crippen LogP contribution in [0.25, 0.3) is 11.5 Å². The largest absolute Gasteiger partial charge is 0.411 e. The quantitative estimate of drug-likeness (QED) is 0.505. The van der Waals surface area contributed by atoms with Crippen LogP contribution in [0.4, 0.5) is 0 Å². The van der Waals surface area contributed by atoms with Gasteiger partial charge >= 0.3 is 0 Å². The summed E-state index contributed by atoms with van der Waals surface area (Å²) in [4.78, 5) is 12.4. The minimum Gasteiger partial charge on any atom is -0.411 e. The van der Waals surface area contributed by atoms with E-state index in [2.05, 4.69) is 17.1 Å². The lowest BCUT2D eigenvalue weighted by Gasteiger charge is -2.01. The molecule has 130 valence electrons. The summed E-state index contributed by atoms with van der Waals surface area (Å²) in [7, 11) is 1.96. The molecule has 1 aromatic carbocycles. The van der Waals surface area contributed by atoms with Crippen LogP contribution in [-0.2, 0) is 7.05 Å². The van der Waals surface area contributed by atoms with Crippen molar-refractivity contribution >= 4 is 17.5 Å². The molecule has 25 heavy (non-hydrogen) atoms. The second-order valence-corrected chi connectivity index (χ2v) is 7.15. The number of carbonyl (C=O) groups excluding carboxylic acids is 1. The summed E-state index contributed by atoms with van der Waals surface area (Å²) >= 11 is 1.27. The Bertz CT molecular complexity index is 940. The van der Waals surface area contributed by atoms with E-state index in [9.17, 15) is 4.79 Å². The maximum absolute atomic E-state index is 12.4. The Balaban J connectivity index is 1.70. The summed E-state index contributed by atoms with van der Waals surface area (Å²) in [5.74, 6) is 0.820. The van der Waals surface area contributed by atoms with Crippen LogP contribution in [0.2, 0.25) is 0 Å². The van der Waals surface area contributed by atoms with Crippen LogP contribution >= 0.6 is 11.8 Å². The lowest BCUT2D eigenvalue weighted by Crippen LogP contribution is -2.04. The normalized spacial score (nSPS) is 11.1. The Morgan fingerprint density at radius 2 is 1.88 bits per heavy atom. The van der Waals surface area contributed by atoms with Gasteiger partial charge in [0.2, 0.25) is 5.89 Å². The molecule has 0 spiro atoms. The van der Waals surface area contributed by atoms with E-state index in [1.54, 1.807) is 0 Å². The van der Waals surface area contributed by atoms with Crippen LogP contribution in [0.1, 0.15) is 32.9 Å². The van der Waals surface area contributed by atoms with Crippen LogP contribution in [0.3, 0.4) is 0 Å². The second kappa shape index (κ2) is 6.88. The zero-order valence-corrected chi connectivity index (χ0v) is 15.9. The third-order valence-corrected chi connectivity index (χ3v) is 5.38. The highest BCUT2D eigenvalue weighted by Crippen LogP contribution is 2.26. The van der Waals surface area contributed by atoms with Gasteiger partial charge in [-0.15, -0.1) is 10.2 Å². The van der Waals surface area contributed by atoms with Gasteiger partial charge in [-0.2, -0.15) is 0 Å². The molecule has 0 saturated heterocycles. The van der Waals surface area contributed by atoms with Crippen molar-refractivity contribution in [3.8, 4) is 11.5 Å². The lowest BCUT2D eigenvalue weighted by atomic mass is 10.1. The van der Waals surface area contributed by atoms with Crippen LogP contribution in [0.15, 0.2) is 33.9 Å². The van der Waals surface area contributed by atoms with Crippen LogP contribution in [0, 0.1) is 27.7 Å². The molecule has 0 saturated carbocycles. The summed E-state index contributed by atoms with van der Waals surface area (Å²) in [5.41, 5.74) is 6.09. The fourth-order valence-corrected chi connectivity index (χ4v) is 3.25. The first-order valence-electron chi connectivity index (χ1n) is 8.07. The third-order valence-electron chi connectivity index (χ3n) is 4.56. The highest BCUT2D eigenvalue weighted by Gasteiger charge is 2.16. The molecule has 0 aliphatic rings. The van der Waals surface area contributed by atoms with Gasteiger partial charge in [0.25, 0.3) is 5.22 Å². The van der Waals surface area contributed by atoms with E-state index in [4.69, 9.17) is 4.42 Å². The molecule has 0 radical (unpaired) electrons. The summed E-state index contributed by atoms with van der Waals surface area (Å²) in [6.45, 7) is 8.06. The highest BCUT2D eigenvalue weighted by atomic mass is 32.2. The minimum absolute atomic E-state index is 0.0668. The molecule has 0 aliphatic carbocycles. The van der Waals surface area contributed by atoms with Gasteiger partial charge in [0, 0.05) is 29.6 Å². The average Bonchev–Trinajstić information content (AvgIpc) is 3.16. The van der Waals surface area contributed by atoms with E-state index >= 15 is 0 Å². The van der Waals surface area contributed by atoms with Crippen molar-refractivity contribution in [1.82, 2.24) is 14.8 Å². The van der Waals surface area contributed by atoms with Gasteiger partial charge in [-0.25, -0.2) is 0 Å². The summed E-state index contributed by atoms with van der Waals surface area (Å²) in [6, 6.07) is 7.95. The van der Waals surface area contributed by atoms with Gasteiger partial charge in [0.1, 0.15) is 0 Å². The summed E-state index contributed by atoms with van der Waals surface area (Å²) in [6.07, 6.45) is 0. The van der Waals surface area contributed by atoms with E-state index in [0.29, 0.717) is 11.1 Å². The van der Waals surface area contributed by atoms with E-state index < -0.39 is 0 Å². The van der Waals surface area contributed by atoms with Crippen LogP contribution in [-0.4, -0.2) is 26.3 Å². The minimum atomic E-state index is 0.0668. The van der Waals surface area contributed by atoms with Gasteiger partial charge < -0.3 is 8.98 Å². The van der Waals surface area contributed by atoms with E-state index in [1.165, 1.54) is 22.9 Å². The van der Waals surface area contributed by atoms with Gasteiger partial charge in [-0.3, -0.25) is 4.79 Å². The average molecular weight is 355 g/mol. The van der Waals surface area contributed by atoms with Crippen molar-refractivity contribution in [1.29, 1.82) is 0 Å². The van der Waals surface area contributed by atoms with Gasteiger partial charge in [-0.05, 0) is 57.0 Å². The number of carbonyl (C=O) groups is 1. The number of ketones is 1. The monoisotopic (exact) mass is 355 g/mol. The maximum atomic E-state index is 12.4. The Morgan fingerprint density at radius 3 is 2.52 bits per heavy atom. The van der Waals surface area contributed by atoms with Gasteiger partial charge in [-0.1, -0.05) is 17.8 Å². The molecular formula is C19H21N3O2S. The molecule has 0 N–H and O–H groups in total. The SMILES string of the molecule is Cc1ccc(-c2nnc(SCC(=O)c3cc(C)n(C)c3C)o2)cc1C. The molecule has 0 fully saturated rings. The number of aromatic nitrogens is 3. The first-order valence-corrected chi connectivity index (χ1v) is 9.05. The number of hydrogen-bond acceptors (Lipinski definition) is 5. The smallest absolute Gasteiger partial charge is 0.277 e. The number of benzene rings is 1. The van der Waals surface area contributed by atoms with Crippen LogP contribution in [0.5, 0.6) is 0 Å². The standard InChI is InChI=1S/C19H21N3O2S/c1-11-6-7-15(8-12(11)2)18-20-21-19(24-18)25-10-17(23)16-9-13(3)22(5)14(16)4/h6-9H,10H2,1-5H3. The molecule has 3 aromatic rings.